The lowest BCUT2D eigenvalue weighted by Crippen LogP contribution is -2.35. The van der Waals surface area contributed by atoms with Crippen LogP contribution in [-0.2, 0) is 12.7 Å². The molecule has 3 nitrogen and oxygen atoms in total. The molecule has 0 aliphatic carbocycles. The molecule has 1 aliphatic rings. The van der Waals surface area contributed by atoms with Gasteiger partial charge in [0.1, 0.15) is 11.6 Å². The third-order valence-corrected chi connectivity index (χ3v) is 2.94. The highest BCUT2D eigenvalue weighted by Crippen LogP contribution is 2.32. The van der Waals surface area contributed by atoms with Crippen LogP contribution < -0.4 is 5.32 Å². The van der Waals surface area contributed by atoms with Crippen LogP contribution in [-0.4, -0.2) is 31.0 Å². The number of aliphatic imine (C=N–C) groups is 1. The smallest absolute Gasteiger partial charge is 0.352 e. The van der Waals surface area contributed by atoms with Gasteiger partial charge in [-0.2, -0.15) is 13.2 Å². The lowest BCUT2D eigenvalue weighted by molar-refractivity contribution is -0.140. The van der Waals surface area contributed by atoms with E-state index in [1.807, 2.05) is 0 Å². The van der Waals surface area contributed by atoms with E-state index in [0.29, 0.717) is 25.1 Å². The summed E-state index contributed by atoms with van der Waals surface area (Å²) in [4.78, 5) is 5.85. The van der Waals surface area contributed by atoms with E-state index in [9.17, 15) is 22.0 Å². The number of benzene rings is 1. The van der Waals surface area contributed by atoms with Crippen LogP contribution in [0.4, 0.5) is 22.0 Å². The predicted molar refractivity (Wildman–Crippen MR) is 63.1 cm³/mol. The Morgan fingerprint density at radius 2 is 1.95 bits per heavy atom. The summed E-state index contributed by atoms with van der Waals surface area (Å²) < 4.78 is 64.1. The van der Waals surface area contributed by atoms with Crippen molar-refractivity contribution >= 4 is 5.96 Å². The molecule has 110 valence electrons. The predicted octanol–water partition coefficient (Wildman–Crippen LogP) is 2.37. The molecule has 0 unspecified atom stereocenters. The molecule has 20 heavy (non-hydrogen) atoms. The quantitative estimate of drug-likeness (QED) is 0.848. The fourth-order valence-corrected chi connectivity index (χ4v) is 1.84. The van der Waals surface area contributed by atoms with Crippen LogP contribution in [0.2, 0.25) is 0 Å². The first-order valence-corrected chi connectivity index (χ1v) is 5.83. The maximum Gasteiger partial charge on any atom is 0.419 e. The molecule has 0 spiro atoms. The Kier molecular flexibility index (Phi) is 3.82. The summed E-state index contributed by atoms with van der Waals surface area (Å²) in [6.45, 7) is 1.15. The molecule has 0 radical (unpaired) electrons. The minimum absolute atomic E-state index is 0.135. The molecule has 0 amide bonds. The van der Waals surface area contributed by atoms with E-state index in [1.165, 1.54) is 0 Å². The number of nitrogens with zero attached hydrogens (tertiary/aromatic N) is 2. The molecule has 1 aromatic rings. The normalized spacial score (nSPS) is 15.5. The van der Waals surface area contributed by atoms with Gasteiger partial charge in [-0.3, -0.25) is 4.99 Å². The molecule has 0 atom stereocenters. The van der Waals surface area contributed by atoms with Gasteiger partial charge >= 0.3 is 6.18 Å². The van der Waals surface area contributed by atoms with Gasteiger partial charge in [0.2, 0.25) is 0 Å². The monoisotopic (exact) mass is 293 g/mol. The second-order valence-electron chi connectivity index (χ2n) is 4.40. The number of halogens is 5. The second-order valence-corrected chi connectivity index (χ2v) is 4.40. The molecule has 0 saturated carbocycles. The molecule has 1 aliphatic heterocycles. The van der Waals surface area contributed by atoms with Crippen molar-refractivity contribution in [1.82, 2.24) is 10.2 Å². The van der Waals surface area contributed by atoms with Gasteiger partial charge in [-0.1, -0.05) is 0 Å². The molecule has 0 aromatic heterocycles. The zero-order valence-electron chi connectivity index (χ0n) is 10.6. The SMILES string of the molecule is CN1CCN=C1NCc1cc(F)c(C(F)(F)F)cc1F. The highest BCUT2D eigenvalue weighted by Gasteiger charge is 2.35. The van der Waals surface area contributed by atoms with Crippen LogP contribution in [0.3, 0.4) is 0 Å². The number of hydrogen-bond acceptors (Lipinski definition) is 3. The first-order chi connectivity index (χ1) is 9.29. The zero-order valence-corrected chi connectivity index (χ0v) is 10.6. The molecule has 1 aromatic carbocycles. The van der Waals surface area contributed by atoms with Gasteiger partial charge < -0.3 is 10.2 Å². The summed E-state index contributed by atoms with van der Waals surface area (Å²) in [5.74, 6) is -2.09. The Labute approximate surface area is 112 Å². The maximum absolute atomic E-state index is 13.6. The molecular weight excluding hydrogens is 281 g/mol. The van der Waals surface area contributed by atoms with E-state index in [0.717, 1.165) is 0 Å². The van der Waals surface area contributed by atoms with Crippen LogP contribution in [0.1, 0.15) is 11.1 Å². The minimum atomic E-state index is -4.91. The lowest BCUT2D eigenvalue weighted by atomic mass is 10.1. The number of hydrogen-bond donors (Lipinski definition) is 1. The molecule has 8 heteroatoms. The van der Waals surface area contributed by atoms with Crippen molar-refractivity contribution in [3.8, 4) is 0 Å². The molecule has 1 N–H and O–H groups in total. The summed E-state index contributed by atoms with van der Waals surface area (Å²) in [5.41, 5.74) is -1.78. The maximum atomic E-state index is 13.6. The van der Waals surface area contributed by atoms with E-state index >= 15 is 0 Å². The summed E-state index contributed by atoms with van der Waals surface area (Å²) in [5, 5.41) is 2.76. The Balaban J connectivity index is 2.15. The van der Waals surface area contributed by atoms with Crippen molar-refractivity contribution in [3.05, 3.63) is 34.9 Å². The highest BCUT2D eigenvalue weighted by atomic mass is 19.4. The van der Waals surface area contributed by atoms with E-state index < -0.39 is 23.4 Å². The summed E-state index contributed by atoms with van der Waals surface area (Å²) in [6, 6.07) is 0.729. The number of alkyl halides is 3. The van der Waals surface area contributed by atoms with E-state index in [1.54, 1.807) is 11.9 Å². The third-order valence-electron chi connectivity index (χ3n) is 2.94. The standard InChI is InChI=1S/C12H12F5N3/c1-20-3-2-18-11(20)19-6-7-4-10(14)8(5-9(7)13)12(15,16)17/h4-5H,2-3,6H2,1H3,(H,18,19). The van der Waals surface area contributed by atoms with Gasteiger partial charge in [-0.15, -0.1) is 0 Å². The topological polar surface area (TPSA) is 27.6 Å². The number of guanidine groups is 1. The molecule has 0 bridgehead atoms. The summed E-state index contributed by atoms with van der Waals surface area (Å²) in [6.07, 6.45) is -4.91. The molecule has 0 fully saturated rings. The van der Waals surface area contributed by atoms with Gasteiger partial charge in [0.05, 0.1) is 12.1 Å². The second kappa shape index (κ2) is 5.26. The Morgan fingerprint density at radius 3 is 2.50 bits per heavy atom. The first kappa shape index (κ1) is 14.5. The molecule has 1 heterocycles. The molecule has 0 saturated heterocycles. The van der Waals surface area contributed by atoms with Crippen LogP contribution >= 0.6 is 0 Å². The zero-order chi connectivity index (χ0) is 14.9. The number of nitrogens with one attached hydrogen (secondary N) is 1. The summed E-state index contributed by atoms with van der Waals surface area (Å²) >= 11 is 0. The van der Waals surface area contributed by atoms with E-state index in [2.05, 4.69) is 10.3 Å². The fourth-order valence-electron chi connectivity index (χ4n) is 1.84. The Morgan fingerprint density at radius 1 is 1.25 bits per heavy atom. The fraction of sp³-hybridized carbons (Fsp3) is 0.417. The van der Waals surface area contributed by atoms with Crippen molar-refractivity contribution in [1.29, 1.82) is 0 Å². The van der Waals surface area contributed by atoms with E-state index in [-0.39, 0.29) is 18.2 Å². The highest BCUT2D eigenvalue weighted by molar-refractivity contribution is 5.81. The van der Waals surface area contributed by atoms with Crippen molar-refractivity contribution in [3.63, 3.8) is 0 Å². The molecular formula is C12H12F5N3. The number of rotatable bonds is 2. The van der Waals surface area contributed by atoms with Gasteiger partial charge in [-0.05, 0) is 12.1 Å². The first-order valence-electron chi connectivity index (χ1n) is 5.83. The van der Waals surface area contributed by atoms with Crippen LogP contribution in [0.25, 0.3) is 0 Å². The van der Waals surface area contributed by atoms with Gasteiger partial charge in [0, 0.05) is 25.7 Å². The van der Waals surface area contributed by atoms with Crippen molar-refractivity contribution in [2.24, 2.45) is 4.99 Å². The van der Waals surface area contributed by atoms with Crippen LogP contribution in [0.5, 0.6) is 0 Å². The van der Waals surface area contributed by atoms with Gasteiger partial charge in [0.15, 0.2) is 5.96 Å². The van der Waals surface area contributed by atoms with Crippen LogP contribution in [0.15, 0.2) is 17.1 Å². The van der Waals surface area contributed by atoms with Gasteiger partial charge in [-0.25, -0.2) is 8.78 Å². The lowest BCUT2D eigenvalue weighted by Gasteiger charge is -2.16. The van der Waals surface area contributed by atoms with Crippen molar-refractivity contribution in [2.45, 2.75) is 12.7 Å². The minimum Gasteiger partial charge on any atom is -0.352 e. The largest absolute Gasteiger partial charge is 0.419 e. The Hall–Kier alpha value is -1.86. The number of likely N-dealkylation sites (N-methyl/N-ethyl adjacent to an activating group) is 1. The van der Waals surface area contributed by atoms with Crippen LogP contribution in [0, 0.1) is 11.6 Å². The van der Waals surface area contributed by atoms with E-state index in [4.69, 9.17) is 0 Å². The van der Waals surface area contributed by atoms with Crippen molar-refractivity contribution < 1.29 is 22.0 Å². The Bertz CT molecular complexity index is 539. The average Bonchev–Trinajstić information content (AvgIpc) is 2.74. The molecule has 2 rings (SSSR count). The van der Waals surface area contributed by atoms with Gasteiger partial charge in [0.25, 0.3) is 0 Å². The third kappa shape index (κ3) is 3.00. The van der Waals surface area contributed by atoms with Crippen molar-refractivity contribution in [2.75, 3.05) is 20.1 Å². The average molecular weight is 293 g/mol. The summed E-state index contributed by atoms with van der Waals surface area (Å²) in [7, 11) is 1.77.